The summed E-state index contributed by atoms with van der Waals surface area (Å²) in [6, 6.07) is 4.89. The molecule has 7 atom stereocenters. The number of primary amides is 1. The van der Waals surface area contributed by atoms with Gasteiger partial charge in [0.2, 0.25) is 0 Å². The number of carbonyl (C=O) groups is 2. The second-order valence-electron chi connectivity index (χ2n) is 10.2. The lowest BCUT2D eigenvalue weighted by Crippen LogP contribution is -2.38. The van der Waals surface area contributed by atoms with Crippen LogP contribution in [0.3, 0.4) is 0 Å². The summed E-state index contributed by atoms with van der Waals surface area (Å²) in [6.45, 7) is 7.52. The number of allylic oxidation sites excluding steroid dienone is 2. The van der Waals surface area contributed by atoms with Crippen molar-refractivity contribution in [2.45, 2.75) is 64.6 Å². The summed E-state index contributed by atoms with van der Waals surface area (Å²) in [4.78, 5) is 24.7. The van der Waals surface area contributed by atoms with Crippen LogP contribution >= 0.6 is 0 Å². The molecule has 1 aromatic rings. The van der Waals surface area contributed by atoms with Crippen molar-refractivity contribution < 1.29 is 38.4 Å². The van der Waals surface area contributed by atoms with Gasteiger partial charge in [0.1, 0.15) is 11.9 Å². The summed E-state index contributed by atoms with van der Waals surface area (Å²) in [5, 5.41) is 13.3. The molecular formula is C30H44N2O8. The van der Waals surface area contributed by atoms with Crippen LogP contribution < -0.4 is 11.1 Å². The molecule has 0 unspecified atom stereocenters. The minimum atomic E-state index is -0.937. The number of aromatic hydroxyl groups is 1. The Hall–Kier alpha value is -3.18. The highest BCUT2D eigenvalue weighted by Gasteiger charge is 2.32. The molecule has 1 aliphatic rings. The zero-order chi connectivity index (χ0) is 30.0. The number of amides is 2. The summed E-state index contributed by atoms with van der Waals surface area (Å²) in [7, 11) is 6.36. The van der Waals surface area contributed by atoms with Crippen molar-refractivity contribution in [1.82, 2.24) is 0 Å². The molecule has 0 aliphatic carbocycles. The number of rotatable bonds is 5. The van der Waals surface area contributed by atoms with Crippen molar-refractivity contribution in [3.63, 3.8) is 0 Å². The molecule has 10 heteroatoms. The lowest BCUT2D eigenvalue weighted by Gasteiger charge is -2.33. The molecule has 40 heavy (non-hydrogen) atoms. The largest absolute Gasteiger partial charge is 0.508 e. The normalized spacial score (nSPS) is 32.2. The molecule has 2 rings (SSSR count). The molecule has 1 heterocycles. The van der Waals surface area contributed by atoms with Crippen LogP contribution in [-0.4, -0.2) is 70.0 Å². The van der Waals surface area contributed by atoms with Gasteiger partial charge in [-0.2, -0.15) is 0 Å². The van der Waals surface area contributed by atoms with Gasteiger partial charge < -0.3 is 39.8 Å². The van der Waals surface area contributed by atoms with Crippen LogP contribution in [-0.2, 0) is 28.5 Å². The predicted molar refractivity (Wildman–Crippen MR) is 153 cm³/mol. The highest BCUT2D eigenvalue weighted by atomic mass is 16.6. The Labute approximate surface area is 237 Å². The second-order valence-corrected chi connectivity index (χ2v) is 10.2. The molecule has 4 N–H and O–H groups in total. The quantitative estimate of drug-likeness (QED) is 0.442. The Kier molecular flexibility index (Phi) is 12.9. The molecular weight excluding hydrogens is 516 g/mol. The molecule has 0 fully saturated rings. The van der Waals surface area contributed by atoms with Gasteiger partial charge in [0.15, 0.2) is 6.10 Å². The average molecular weight is 561 g/mol. The Bertz CT molecular complexity index is 1100. The average Bonchev–Trinajstić information content (AvgIpc) is 2.89. The maximum Gasteiger partial charge on any atom is 0.405 e. The van der Waals surface area contributed by atoms with Crippen molar-refractivity contribution >= 4 is 17.7 Å². The van der Waals surface area contributed by atoms with Crippen LogP contribution in [0.5, 0.6) is 5.75 Å². The van der Waals surface area contributed by atoms with E-state index in [9.17, 15) is 14.7 Å². The third-order valence-corrected chi connectivity index (χ3v) is 7.15. The molecule has 0 saturated carbocycles. The maximum absolute atomic E-state index is 12.9. The van der Waals surface area contributed by atoms with E-state index in [2.05, 4.69) is 5.32 Å². The Morgan fingerprint density at radius 2 is 1.70 bits per heavy atom. The molecule has 0 spiro atoms. The summed E-state index contributed by atoms with van der Waals surface area (Å²) in [6.07, 6.45) is 3.97. The summed E-state index contributed by atoms with van der Waals surface area (Å²) in [5.41, 5.74) is 7.66. The van der Waals surface area contributed by atoms with E-state index in [1.807, 2.05) is 26.8 Å². The zero-order valence-electron chi connectivity index (χ0n) is 24.7. The van der Waals surface area contributed by atoms with Gasteiger partial charge in [-0.1, -0.05) is 38.2 Å². The van der Waals surface area contributed by atoms with Crippen LogP contribution in [0.1, 0.15) is 45.8 Å². The topological polar surface area (TPSA) is 139 Å². The van der Waals surface area contributed by atoms with E-state index in [4.69, 9.17) is 29.4 Å². The predicted octanol–water partition coefficient (Wildman–Crippen LogP) is 4.65. The second kappa shape index (κ2) is 15.6. The Balaban J connectivity index is 2.65. The fourth-order valence-corrected chi connectivity index (χ4v) is 5.19. The Morgan fingerprint density at radius 3 is 2.27 bits per heavy atom. The van der Waals surface area contributed by atoms with Crippen molar-refractivity contribution in [3.05, 3.63) is 59.2 Å². The maximum atomic E-state index is 12.9. The fourth-order valence-electron chi connectivity index (χ4n) is 5.19. The standard InChI is InChI=1S/C30H44N2O8/c1-17-10-9-11-24(36-5)28(40-30(31)35)19(3)12-18(2)27(39-8)25(37-6)13-20(4)26(38-7)21-14-22(32-29(17)34)16-23(33)15-21/h9-12,14-16,18,20,24-28,33H,13H2,1-8H3,(H2,31,35)(H,32,34)/b11-9+,17-10+,19-12+/t18-,20+,24+,25+,26-,27+,28+/m1/s1. The van der Waals surface area contributed by atoms with E-state index in [-0.39, 0.29) is 35.7 Å². The van der Waals surface area contributed by atoms with E-state index >= 15 is 0 Å². The molecule has 222 valence electrons. The van der Waals surface area contributed by atoms with Crippen molar-refractivity contribution in [2.75, 3.05) is 33.8 Å². The molecule has 10 nitrogen and oxygen atoms in total. The number of carbonyl (C=O) groups excluding carboxylic acids is 2. The van der Waals surface area contributed by atoms with Crippen LogP contribution in [0, 0.1) is 11.8 Å². The van der Waals surface area contributed by atoms with Crippen molar-refractivity contribution in [2.24, 2.45) is 17.6 Å². The minimum Gasteiger partial charge on any atom is -0.508 e. The number of phenols is 1. The number of anilines is 1. The number of fused-ring (bicyclic) bond motifs is 2. The van der Waals surface area contributed by atoms with Crippen molar-refractivity contribution in [3.8, 4) is 5.75 Å². The summed E-state index contributed by atoms with van der Waals surface area (Å²) in [5.74, 6) is -0.563. The number of ether oxygens (including phenoxy) is 5. The van der Waals surface area contributed by atoms with E-state index in [1.165, 1.54) is 13.2 Å². The molecule has 1 aliphatic heterocycles. The van der Waals surface area contributed by atoms with Crippen LogP contribution in [0.25, 0.3) is 0 Å². The zero-order valence-corrected chi connectivity index (χ0v) is 24.7. The molecule has 1 aromatic carbocycles. The van der Waals surface area contributed by atoms with E-state index in [1.54, 1.807) is 58.6 Å². The monoisotopic (exact) mass is 560 g/mol. The van der Waals surface area contributed by atoms with Crippen molar-refractivity contribution in [1.29, 1.82) is 0 Å². The van der Waals surface area contributed by atoms with E-state index in [0.29, 0.717) is 28.8 Å². The fraction of sp³-hybridized carbons (Fsp3) is 0.533. The van der Waals surface area contributed by atoms with Gasteiger partial charge in [0.25, 0.3) is 5.91 Å². The first-order valence-electron chi connectivity index (χ1n) is 13.2. The first kappa shape index (κ1) is 33.0. The number of phenolic OH excluding ortho intramolecular Hbond substituents is 1. The van der Waals surface area contributed by atoms with Gasteiger partial charge in [0, 0.05) is 51.7 Å². The lowest BCUT2D eigenvalue weighted by molar-refractivity contribution is -0.112. The molecule has 0 saturated heterocycles. The Morgan fingerprint density at radius 1 is 1.00 bits per heavy atom. The van der Waals surface area contributed by atoms with Crippen LogP contribution in [0.15, 0.2) is 53.6 Å². The summed E-state index contributed by atoms with van der Waals surface area (Å²) < 4.78 is 28.7. The number of hydrogen-bond acceptors (Lipinski definition) is 8. The molecule has 2 amide bonds. The van der Waals surface area contributed by atoms with Crippen LogP contribution in [0.4, 0.5) is 10.5 Å². The number of benzene rings is 1. The number of nitrogens with one attached hydrogen (secondary N) is 1. The van der Waals surface area contributed by atoms with E-state index in [0.717, 1.165) is 0 Å². The molecule has 0 aromatic heterocycles. The number of hydrogen-bond donors (Lipinski definition) is 3. The highest BCUT2D eigenvalue weighted by Crippen LogP contribution is 2.35. The first-order chi connectivity index (χ1) is 18.9. The minimum absolute atomic E-state index is 0.00481. The smallest absolute Gasteiger partial charge is 0.405 e. The van der Waals surface area contributed by atoms with Gasteiger partial charge in [-0.15, -0.1) is 0 Å². The van der Waals surface area contributed by atoms with E-state index < -0.39 is 24.4 Å². The third-order valence-electron chi connectivity index (χ3n) is 7.15. The van der Waals surface area contributed by atoms with Gasteiger partial charge in [-0.3, -0.25) is 4.79 Å². The molecule has 0 radical (unpaired) electrons. The van der Waals surface area contributed by atoms with Gasteiger partial charge >= 0.3 is 6.09 Å². The number of nitrogens with two attached hydrogens (primary N) is 1. The highest BCUT2D eigenvalue weighted by molar-refractivity contribution is 6.03. The first-order valence-corrected chi connectivity index (χ1v) is 13.2. The number of methoxy groups -OCH3 is 4. The van der Waals surface area contributed by atoms with Gasteiger partial charge in [-0.25, -0.2) is 4.79 Å². The third kappa shape index (κ3) is 8.92. The SMILES string of the molecule is CO[C@H]1[C@H](C)/C=C(\C)[C@H](OC(N)=O)[C@@H](OC)/C=C/C=C(\C)C(=O)Nc2cc(O)cc(c2)[C@H](OC)[C@@H](C)C[C@@H]1OC. The van der Waals surface area contributed by atoms with Crippen LogP contribution in [0.2, 0.25) is 0 Å². The lowest BCUT2D eigenvalue weighted by atomic mass is 9.86. The van der Waals surface area contributed by atoms with Gasteiger partial charge in [0.05, 0.1) is 18.3 Å². The molecule has 2 bridgehead atoms. The summed E-state index contributed by atoms with van der Waals surface area (Å²) >= 11 is 0. The van der Waals surface area contributed by atoms with Gasteiger partial charge in [-0.05, 0) is 49.5 Å².